The zero-order valence-corrected chi connectivity index (χ0v) is 26.3. The van der Waals surface area contributed by atoms with Crippen LogP contribution in [0.3, 0.4) is 0 Å². The number of carbonyl (C=O) groups is 2. The third-order valence-corrected chi connectivity index (χ3v) is 9.66. The van der Waals surface area contributed by atoms with E-state index < -0.39 is 45.1 Å². The van der Waals surface area contributed by atoms with E-state index >= 15 is 0 Å². The van der Waals surface area contributed by atoms with Crippen molar-refractivity contribution in [1.29, 1.82) is 0 Å². The Morgan fingerprint density at radius 2 is 1.80 bits per heavy atom. The monoisotopic (exact) mass is 662 g/mol. The second kappa shape index (κ2) is 14.1. The zero-order chi connectivity index (χ0) is 33.0. The summed E-state index contributed by atoms with van der Waals surface area (Å²) in [5.74, 6) is -2.37. The largest absolute Gasteiger partial charge is 0.492 e. The maximum atomic E-state index is 13.9. The molecule has 1 atom stereocenters. The number of halogens is 2. The first-order valence-corrected chi connectivity index (χ1v) is 16.3. The molecule has 0 aliphatic carbocycles. The number of fused-ring (bicyclic) bond motifs is 1. The quantitative estimate of drug-likeness (QED) is 0.262. The molecular formula is C30H36F2N6O7S. The Morgan fingerprint density at radius 3 is 2.48 bits per heavy atom. The minimum atomic E-state index is -4.38. The number of carbonyl (C=O) groups excluding carboxylic acids is 1. The SMILES string of the molecule is COC[C@H](C)Nc1cc(OCCN2CCCC2)ccc1C(=O)Nc1nn(C(=O)O)c2c1CN(S(=O)(=O)c1cc(F)cc(F)c1)CC2. The van der Waals surface area contributed by atoms with Crippen LogP contribution in [0.25, 0.3) is 0 Å². The molecule has 0 radical (unpaired) electrons. The number of amides is 1. The normalized spacial score (nSPS) is 16.2. The molecule has 2 aliphatic heterocycles. The summed E-state index contributed by atoms with van der Waals surface area (Å²) in [4.78, 5) is 27.4. The lowest BCUT2D eigenvalue weighted by Crippen LogP contribution is -2.37. The Bertz CT molecular complexity index is 1690. The van der Waals surface area contributed by atoms with Gasteiger partial charge in [-0.15, -0.1) is 5.10 Å². The van der Waals surface area contributed by atoms with Crippen molar-refractivity contribution in [2.45, 2.75) is 43.7 Å². The summed E-state index contributed by atoms with van der Waals surface area (Å²) in [5, 5.41) is 19.7. The molecule has 16 heteroatoms. The number of carboxylic acid groups (broad SMARTS) is 1. The molecule has 5 rings (SSSR count). The predicted octanol–water partition coefficient (Wildman–Crippen LogP) is 3.61. The van der Waals surface area contributed by atoms with Crippen molar-refractivity contribution in [3.63, 3.8) is 0 Å². The van der Waals surface area contributed by atoms with Gasteiger partial charge in [-0.1, -0.05) is 0 Å². The minimum Gasteiger partial charge on any atom is -0.492 e. The molecule has 2 aromatic carbocycles. The summed E-state index contributed by atoms with van der Waals surface area (Å²) >= 11 is 0. The molecule has 1 aromatic heterocycles. The number of hydrogen-bond donors (Lipinski definition) is 3. The number of ether oxygens (including phenoxy) is 2. The van der Waals surface area contributed by atoms with E-state index in [-0.39, 0.29) is 41.6 Å². The average molecular weight is 663 g/mol. The molecule has 46 heavy (non-hydrogen) atoms. The lowest BCUT2D eigenvalue weighted by atomic mass is 10.1. The lowest BCUT2D eigenvalue weighted by molar-refractivity contribution is 0.102. The topological polar surface area (TPSA) is 155 Å². The van der Waals surface area contributed by atoms with Crippen LogP contribution in [0.1, 0.15) is 41.4 Å². The van der Waals surface area contributed by atoms with Gasteiger partial charge in [0.15, 0.2) is 5.82 Å². The van der Waals surface area contributed by atoms with Gasteiger partial charge in [0.1, 0.15) is 24.0 Å². The molecule has 1 saturated heterocycles. The highest BCUT2D eigenvalue weighted by molar-refractivity contribution is 7.89. The highest BCUT2D eigenvalue weighted by Crippen LogP contribution is 2.32. The first-order valence-electron chi connectivity index (χ1n) is 14.8. The highest BCUT2D eigenvalue weighted by atomic mass is 32.2. The van der Waals surface area contributed by atoms with E-state index in [0.717, 1.165) is 23.9 Å². The van der Waals surface area contributed by atoms with Gasteiger partial charge < -0.3 is 25.2 Å². The first kappa shape index (κ1) is 33.2. The van der Waals surface area contributed by atoms with Crippen LogP contribution < -0.4 is 15.4 Å². The number of nitrogens with one attached hydrogen (secondary N) is 2. The maximum absolute atomic E-state index is 13.9. The Balaban J connectivity index is 1.40. The molecule has 0 unspecified atom stereocenters. The van der Waals surface area contributed by atoms with Crippen LogP contribution in [-0.2, 0) is 27.7 Å². The minimum absolute atomic E-state index is 0.0770. The number of rotatable bonds is 12. The van der Waals surface area contributed by atoms with Crippen LogP contribution in [0.4, 0.5) is 25.1 Å². The Hall–Kier alpha value is -4.12. The number of sulfonamides is 1. The third-order valence-electron chi connectivity index (χ3n) is 7.84. The van der Waals surface area contributed by atoms with E-state index in [4.69, 9.17) is 9.47 Å². The second-order valence-corrected chi connectivity index (χ2v) is 13.2. The molecule has 3 N–H and O–H groups in total. The maximum Gasteiger partial charge on any atom is 0.432 e. The first-order chi connectivity index (χ1) is 22.0. The van der Waals surface area contributed by atoms with E-state index in [9.17, 15) is 31.9 Å². The molecule has 1 fully saturated rings. The van der Waals surface area contributed by atoms with Gasteiger partial charge in [0.25, 0.3) is 5.91 Å². The smallest absolute Gasteiger partial charge is 0.432 e. The predicted molar refractivity (Wildman–Crippen MR) is 164 cm³/mol. The number of anilines is 2. The van der Waals surface area contributed by atoms with Crippen molar-refractivity contribution in [3.8, 4) is 5.75 Å². The number of methoxy groups -OCH3 is 1. The molecule has 0 bridgehead atoms. The van der Waals surface area contributed by atoms with E-state index in [2.05, 4.69) is 20.6 Å². The fourth-order valence-corrected chi connectivity index (χ4v) is 7.10. The molecule has 3 aromatic rings. The average Bonchev–Trinajstić information content (AvgIpc) is 3.65. The molecule has 2 aliphatic rings. The summed E-state index contributed by atoms with van der Waals surface area (Å²) in [5.41, 5.74) is 0.966. The van der Waals surface area contributed by atoms with Gasteiger partial charge in [0, 0.05) is 56.9 Å². The summed E-state index contributed by atoms with van der Waals surface area (Å²) in [6.45, 7) is 4.98. The highest BCUT2D eigenvalue weighted by Gasteiger charge is 2.35. The van der Waals surface area contributed by atoms with Crippen LogP contribution in [0.5, 0.6) is 5.75 Å². The zero-order valence-electron chi connectivity index (χ0n) is 25.5. The second-order valence-electron chi connectivity index (χ2n) is 11.2. The lowest BCUT2D eigenvalue weighted by Gasteiger charge is -2.27. The molecule has 3 heterocycles. The summed E-state index contributed by atoms with van der Waals surface area (Å²) < 4.78 is 67.2. The van der Waals surface area contributed by atoms with Crippen molar-refractivity contribution < 1.29 is 41.4 Å². The van der Waals surface area contributed by atoms with Gasteiger partial charge in [-0.3, -0.25) is 9.69 Å². The van der Waals surface area contributed by atoms with Gasteiger partial charge in [0.2, 0.25) is 10.0 Å². The molecule has 248 valence electrons. The van der Waals surface area contributed by atoms with E-state index in [1.165, 1.54) is 12.8 Å². The fraction of sp³-hybridized carbons (Fsp3) is 0.433. The van der Waals surface area contributed by atoms with Crippen molar-refractivity contribution in [2.24, 2.45) is 0 Å². The van der Waals surface area contributed by atoms with Crippen molar-refractivity contribution in [3.05, 3.63) is 64.9 Å². The summed E-state index contributed by atoms with van der Waals surface area (Å²) in [7, 11) is -2.83. The molecule has 0 saturated carbocycles. The molecular weight excluding hydrogens is 626 g/mol. The van der Waals surface area contributed by atoms with E-state index in [0.29, 0.717) is 47.5 Å². The van der Waals surface area contributed by atoms with Gasteiger partial charge in [0.05, 0.1) is 28.4 Å². The van der Waals surface area contributed by atoms with Crippen molar-refractivity contribution in [1.82, 2.24) is 19.0 Å². The molecule has 0 spiro atoms. The van der Waals surface area contributed by atoms with Crippen LogP contribution in [0, 0.1) is 11.6 Å². The number of benzene rings is 2. The van der Waals surface area contributed by atoms with Gasteiger partial charge >= 0.3 is 6.09 Å². The molecule has 13 nitrogen and oxygen atoms in total. The Labute approximate surface area is 265 Å². The van der Waals surface area contributed by atoms with Gasteiger partial charge in [-0.05, 0) is 57.1 Å². The Morgan fingerprint density at radius 1 is 1.09 bits per heavy atom. The Kier molecular flexibility index (Phi) is 10.2. The third kappa shape index (κ3) is 7.46. The number of aromatic nitrogens is 2. The van der Waals surface area contributed by atoms with Crippen LogP contribution in [0.15, 0.2) is 41.3 Å². The molecule has 1 amide bonds. The van der Waals surface area contributed by atoms with E-state index in [1.54, 1.807) is 25.3 Å². The number of likely N-dealkylation sites (tertiary alicyclic amines) is 1. The fourth-order valence-electron chi connectivity index (χ4n) is 5.65. The van der Waals surface area contributed by atoms with E-state index in [1.807, 2.05) is 6.92 Å². The standard InChI is InChI=1S/C30H36F2N6O7S/c1-19(18-44-2)33-26-16-22(45-12-11-36-8-3-4-9-36)5-6-24(26)29(39)34-28-25-17-37(10-7-27(25)38(35-28)30(40)41)46(42,43)23-14-20(31)13-21(32)15-23/h5-6,13-16,19,33H,3-4,7-12,17-18H2,1-2H3,(H,40,41)(H,34,35,39)/t19-/m0/s1. The number of hydrogen-bond acceptors (Lipinski definition) is 9. The van der Waals surface area contributed by atoms with Crippen LogP contribution >= 0.6 is 0 Å². The van der Waals surface area contributed by atoms with Crippen LogP contribution in [-0.4, -0.2) is 97.1 Å². The van der Waals surface area contributed by atoms with Crippen molar-refractivity contribution in [2.75, 3.05) is 57.1 Å². The van der Waals surface area contributed by atoms with Gasteiger partial charge in [-0.25, -0.2) is 22.0 Å². The number of nitrogens with zero attached hydrogens (tertiary/aromatic N) is 4. The summed E-state index contributed by atoms with van der Waals surface area (Å²) in [6, 6.07) is 6.70. The van der Waals surface area contributed by atoms with Crippen molar-refractivity contribution >= 4 is 33.5 Å². The van der Waals surface area contributed by atoms with Gasteiger partial charge in [-0.2, -0.15) is 8.99 Å². The summed E-state index contributed by atoms with van der Waals surface area (Å²) in [6.07, 6.45) is 0.840. The van der Waals surface area contributed by atoms with Crippen LogP contribution in [0.2, 0.25) is 0 Å².